The van der Waals surface area contributed by atoms with E-state index in [1.807, 2.05) is 39.0 Å². The number of aryl methyl sites for hydroxylation is 1. The quantitative estimate of drug-likeness (QED) is 0.821. The first-order chi connectivity index (χ1) is 12.1. The number of urea groups is 1. The molecule has 3 rings (SSSR count). The number of amides is 3. The number of carbonyl (C=O) groups is 2. The minimum absolute atomic E-state index is 0.0642. The summed E-state index contributed by atoms with van der Waals surface area (Å²) in [7, 11) is 0. The number of rotatable bonds is 3. The van der Waals surface area contributed by atoms with Gasteiger partial charge in [0, 0.05) is 50.7 Å². The highest BCUT2D eigenvalue weighted by atomic mass is 35.5. The van der Waals surface area contributed by atoms with E-state index in [-0.39, 0.29) is 11.9 Å². The van der Waals surface area contributed by atoms with Crippen LogP contribution in [0.3, 0.4) is 0 Å². The number of ether oxygens (including phenoxy) is 1. The van der Waals surface area contributed by atoms with E-state index in [0.717, 1.165) is 5.56 Å². The molecule has 1 aromatic carbocycles. The Morgan fingerprint density at radius 3 is 2.28 bits per heavy atom. The summed E-state index contributed by atoms with van der Waals surface area (Å²) in [5.74, 6) is 0.137. The van der Waals surface area contributed by atoms with E-state index in [1.165, 1.54) is 0 Å². The SMILES string of the molecule is O=C(CCc1cccc(Cl)c1)N1CCN(C(=O)N2CCOCC2)CC1. The van der Waals surface area contributed by atoms with E-state index in [1.54, 1.807) is 0 Å². The summed E-state index contributed by atoms with van der Waals surface area (Å²) in [6.07, 6.45) is 1.16. The molecule has 7 heteroatoms. The molecule has 0 bridgehead atoms. The summed E-state index contributed by atoms with van der Waals surface area (Å²) in [5, 5.41) is 0.695. The number of piperazine rings is 1. The van der Waals surface area contributed by atoms with Gasteiger partial charge >= 0.3 is 6.03 Å². The molecule has 2 heterocycles. The van der Waals surface area contributed by atoms with Crippen LogP contribution >= 0.6 is 11.6 Å². The molecule has 25 heavy (non-hydrogen) atoms. The molecule has 0 spiro atoms. The summed E-state index contributed by atoms with van der Waals surface area (Å²) in [4.78, 5) is 30.4. The van der Waals surface area contributed by atoms with Crippen molar-refractivity contribution in [2.45, 2.75) is 12.8 Å². The molecule has 2 aliphatic heterocycles. The van der Waals surface area contributed by atoms with E-state index in [2.05, 4.69) is 0 Å². The van der Waals surface area contributed by atoms with Crippen LogP contribution in [-0.2, 0) is 16.0 Å². The van der Waals surface area contributed by atoms with Crippen molar-refractivity contribution in [2.75, 3.05) is 52.5 Å². The molecule has 0 radical (unpaired) electrons. The van der Waals surface area contributed by atoms with Crippen LogP contribution in [-0.4, -0.2) is 79.1 Å². The summed E-state index contributed by atoms with van der Waals surface area (Å²) in [6.45, 7) is 4.91. The number of halogens is 1. The highest BCUT2D eigenvalue weighted by Gasteiger charge is 2.27. The Hall–Kier alpha value is -1.79. The second-order valence-electron chi connectivity index (χ2n) is 6.38. The van der Waals surface area contributed by atoms with Crippen LogP contribution in [0.1, 0.15) is 12.0 Å². The summed E-state index contributed by atoms with van der Waals surface area (Å²) in [6, 6.07) is 7.68. The first-order valence-electron chi connectivity index (χ1n) is 8.77. The van der Waals surface area contributed by atoms with Gasteiger partial charge in [-0.3, -0.25) is 4.79 Å². The number of benzene rings is 1. The highest BCUT2D eigenvalue weighted by Crippen LogP contribution is 2.14. The zero-order valence-electron chi connectivity index (χ0n) is 14.3. The topological polar surface area (TPSA) is 53.1 Å². The molecule has 3 amide bonds. The molecule has 1 aromatic rings. The third-order valence-corrected chi connectivity index (χ3v) is 4.94. The normalized spacial score (nSPS) is 18.4. The molecule has 0 saturated carbocycles. The van der Waals surface area contributed by atoms with Gasteiger partial charge in [0.1, 0.15) is 0 Å². The van der Waals surface area contributed by atoms with E-state index >= 15 is 0 Å². The highest BCUT2D eigenvalue weighted by molar-refractivity contribution is 6.30. The van der Waals surface area contributed by atoms with Gasteiger partial charge in [0.15, 0.2) is 0 Å². The van der Waals surface area contributed by atoms with Gasteiger partial charge in [-0.25, -0.2) is 4.79 Å². The Kier molecular flexibility index (Phi) is 6.15. The van der Waals surface area contributed by atoms with Crippen molar-refractivity contribution >= 4 is 23.5 Å². The van der Waals surface area contributed by atoms with Crippen molar-refractivity contribution < 1.29 is 14.3 Å². The molecular formula is C18H24ClN3O3. The second kappa shape index (κ2) is 8.54. The lowest BCUT2D eigenvalue weighted by molar-refractivity contribution is -0.132. The number of hydrogen-bond acceptors (Lipinski definition) is 3. The largest absolute Gasteiger partial charge is 0.378 e. The fourth-order valence-electron chi connectivity index (χ4n) is 3.20. The van der Waals surface area contributed by atoms with Crippen LogP contribution in [0.5, 0.6) is 0 Å². The molecule has 0 aliphatic carbocycles. The van der Waals surface area contributed by atoms with Crippen molar-refractivity contribution in [3.05, 3.63) is 34.9 Å². The van der Waals surface area contributed by atoms with Crippen molar-refractivity contribution in [3.63, 3.8) is 0 Å². The van der Waals surface area contributed by atoms with Gasteiger partial charge in [-0.05, 0) is 24.1 Å². The molecule has 0 unspecified atom stereocenters. The molecule has 136 valence electrons. The van der Waals surface area contributed by atoms with Gasteiger partial charge in [0.25, 0.3) is 0 Å². The fraction of sp³-hybridized carbons (Fsp3) is 0.556. The monoisotopic (exact) mass is 365 g/mol. The number of morpholine rings is 1. The summed E-state index contributed by atoms with van der Waals surface area (Å²) < 4.78 is 5.28. The fourth-order valence-corrected chi connectivity index (χ4v) is 3.42. The van der Waals surface area contributed by atoms with Crippen molar-refractivity contribution in [3.8, 4) is 0 Å². The van der Waals surface area contributed by atoms with Gasteiger partial charge in [-0.2, -0.15) is 0 Å². The average molecular weight is 366 g/mol. The summed E-state index contributed by atoms with van der Waals surface area (Å²) in [5.41, 5.74) is 1.07. The predicted octanol–water partition coefficient (Wildman–Crippen LogP) is 1.87. The van der Waals surface area contributed by atoms with Crippen molar-refractivity contribution in [1.82, 2.24) is 14.7 Å². The second-order valence-corrected chi connectivity index (χ2v) is 6.82. The van der Waals surface area contributed by atoms with Crippen molar-refractivity contribution in [1.29, 1.82) is 0 Å². The maximum Gasteiger partial charge on any atom is 0.320 e. The molecule has 2 aliphatic rings. The third kappa shape index (κ3) is 4.86. The molecule has 0 N–H and O–H groups in total. The number of carbonyl (C=O) groups excluding carboxylic acids is 2. The molecular weight excluding hydrogens is 342 g/mol. The van der Waals surface area contributed by atoms with Crippen LogP contribution in [0.25, 0.3) is 0 Å². The van der Waals surface area contributed by atoms with Gasteiger partial charge in [0.05, 0.1) is 13.2 Å². The lowest BCUT2D eigenvalue weighted by atomic mass is 10.1. The minimum Gasteiger partial charge on any atom is -0.378 e. The van der Waals surface area contributed by atoms with Gasteiger partial charge in [-0.15, -0.1) is 0 Å². The van der Waals surface area contributed by atoms with Crippen molar-refractivity contribution in [2.24, 2.45) is 0 Å². The average Bonchev–Trinajstić information content (AvgIpc) is 2.66. The first-order valence-corrected chi connectivity index (χ1v) is 9.15. The molecule has 6 nitrogen and oxygen atoms in total. The van der Waals surface area contributed by atoms with Gasteiger partial charge in [-0.1, -0.05) is 23.7 Å². The lowest BCUT2D eigenvalue weighted by Crippen LogP contribution is -2.55. The lowest BCUT2D eigenvalue weighted by Gasteiger charge is -2.38. The maximum absolute atomic E-state index is 12.5. The first kappa shape index (κ1) is 18.0. The van der Waals surface area contributed by atoms with E-state index < -0.39 is 0 Å². The van der Waals surface area contributed by atoms with Gasteiger partial charge in [0.2, 0.25) is 5.91 Å². The Morgan fingerprint density at radius 1 is 0.960 bits per heavy atom. The van der Waals surface area contributed by atoms with Crippen LogP contribution in [0.15, 0.2) is 24.3 Å². The molecule has 2 saturated heterocycles. The van der Waals surface area contributed by atoms with Crippen LogP contribution < -0.4 is 0 Å². The predicted molar refractivity (Wildman–Crippen MR) is 95.7 cm³/mol. The number of hydrogen-bond donors (Lipinski definition) is 0. The molecule has 0 atom stereocenters. The van der Waals surface area contributed by atoms with Gasteiger partial charge < -0.3 is 19.4 Å². The Morgan fingerprint density at radius 2 is 1.60 bits per heavy atom. The number of nitrogens with zero attached hydrogens (tertiary/aromatic N) is 3. The van der Waals surface area contributed by atoms with Crippen LogP contribution in [0.4, 0.5) is 4.79 Å². The summed E-state index contributed by atoms with van der Waals surface area (Å²) >= 11 is 5.97. The Bertz CT molecular complexity index is 611. The standard InChI is InChI=1S/C18H24ClN3O3/c19-16-3-1-2-15(14-16)4-5-17(23)20-6-8-21(9-7-20)18(24)22-10-12-25-13-11-22/h1-3,14H,4-13H2. The zero-order valence-corrected chi connectivity index (χ0v) is 15.1. The minimum atomic E-state index is 0.0642. The molecule has 2 fully saturated rings. The van der Waals surface area contributed by atoms with E-state index in [0.29, 0.717) is 70.3 Å². The molecule has 0 aromatic heterocycles. The Labute approximate surface area is 153 Å². The van der Waals surface area contributed by atoms with E-state index in [9.17, 15) is 9.59 Å². The Balaban J connectivity index is 1.43. The smallest absolute Gasteiger partial charge is 0.320 e. The van der Waals surface area contributed by atoms with E-state index in [4.69, 9.17) is 16.3 Å². The van der Waals surface area contributed by atoms with Crippen LogP contribution in [0.2, 0.25) is 5.02 Å². The van der Waals surface area contributed by atoms with Crippen LogP contribution in [0, 0.1) is 0 Å². The zero-order chi connectivity index (χ0) is 17.6. The third-order valence-electron chi connectivity index (χ3n) is 4.70. The maximum atomic E-state index is 12.5.